The lowest BCUT2D eigenvalue weighted by Gasteiger charge is -2.39. The van der Waals surface area contributed by atoms with Crippen molar-refractivity contribution in [1.29, 1.82) is 0 Å². The van der Waals surface area contributed by atoms with Gasteiger partial charge in [0.05, 0.1) is 5.41 Å². The number of carbonyl (C=O) groups is 2. The fourth-order valence-corrected chi connectivity index (χ4v) is 3.09. The molecule has 108 valence electrons. The number of ether oxygens (including phenoxy) is 1. The minimum Gasteiger partial charge on any atom is -0.481 e. The highest BCUT2D eigenvalue weighted by Crippen LogP contribution is 2.37. The lowest BCUT2D eigenvalue weighted by Crippen LogP contribution is -2.56. The van der Waals surface area contributed by atoms with Gasteiger partial charge in [-0.05, 0) is 39.5 Å². The zero-order valence-electron chi connectivity index (χ0n) is 11.7. The maximum atomic E-state index is 12.3. The number of hydrogen-bond donors (Lipinski definition) is 2. The molecule has 0 aromatic carbocycles. The van der Waals surface area contributed by atoms with E-state index in [0.29, 0.717) is 19.4 Å². The van der Waals surface area contributed by atoms with E-state index in [-0.39, 0.29) is 11.9 Å². The summed E-state index contributed by atoms with van der Waals surface area (Å²) in [5, 5.41) is 12.4. The monoisotopic (exact) mass is 269 g/mol. The molecule has 0 spiro atoms. The number of carbonyl (C=O) groups excluding carboxylic acids is 1. The van der Waals surface area contributed by atoms with Crippen molar-refractivity contribution in [1.82, 2.24) is 5.32 Å². The van der Waals surface area contributed by atoms with E-state index in [1.807, 2.05) is 0 Å². The molecule has 2 aliphatic rings. The summed E-state index contributed by atoms with van der Waals surface area (Å²) in [5.41, 5.74) is -1.64. The number of nitrogens with one attached hydrogen (secondary N) is 1. The molecule has 5 nitrogen and oxygen atoms in total. The quantitative estimate of drug-likeness (QED) is 0.817. The molecule has 19 heavy (non-hydrogen) atoms. The third-order valence-corrected chi connectivity index (χ3v) is 4.70. The first-order valence-electron chi connectivity index (χ1n) is 7.07. The van der Waals surface area contributed by atoms with E-state index in [0.717, 1.165) is 25.7 Å². The van der Waals surface area contributed by atoms with E-state index in [4.69, 9.17) is 4.74 Å². The summed E-state index contributed by atoms with van der Waals surface area (Å²) in [7, 11) is 0. The van der Waals surface area contributed by atoms with Gasteiger partial charge in [-0.3, -0.25) is 9.59 Å². The lowest BCUT2D eigenvalue weighted by molar-refractivity contribution is -0.153. The van der Waals surface area contributed by atoms with Crippen LogP contribution in [0.1, 0.15) is 52.4 Å². The molecule has 1 amide bonds. The van der Waals surface area contributed by atoms with Gasteiger partial charge in [-0.2, -0.15) is 0 Å². The first-order valence-corrected chi connectivity index (χ1v) is 7.07. The van der Waals surface area contributed by atoms with Crippen LogP contribution < -0.4 is 5.32 Å². The molecule has 1 heterocycles. The van der Waals surface area contributed by atoms with Crippen molar-refractivity contribution in [3.63, 3.8) is 0 Å². The lowest BCUT2D eigenvalue weighted by atomic mass is 9.71. The summed E-state index contributed by atoms with van der Waals surface area (Å²) in [4.78, 5) is 23.8. The molecule has 1 saturated carbocycles. The van der Waals surface area contributed by atoms with Crippen LogP contribution >= 0.6 is 0 Å². The third kappa shape index (κ3) is 2.61. The van der Waals surface area contributed by atoms with Gasteiger partial charge in [0.25, 0.3) is 5.91 Å². The number of aliphatic carboxylic acids is 1. The van der Waals surface area contributed by atoms with Crippen molar-refractivity contribution in [2.45, 2.75) is 64.0 Å². The fraction of sp³-hybridized carbons (Fsp3) is 0.857. The summed E-state index contributed by atoms with van der Waals surface area (Å²) in [6.45, 7) is 4.12. The number of carboxylic acid groups (broad SMARTS) is 1. The Balaban J connectivity index is 2.08. The highest BCUT2D eigenvalue weighted by atomic mass is 16.5. The largest absolute Gasteiger partial charge is 0.481 e. The molecule has 0 aromatic heterocycles. The van der Waals surface area contributed by atoms with E-state index in [9.17, 15) is 14.7 Å². The molecular weight excluding hydrogens is 246 g/mol. The van der Waals surface area contributed by atoms with Crippen LogP contribution in [0.2, 0.25) is 0 Å². The fourth-order valence-electron chi connectivity index (χ4n) is 3.09. The van der Waals surface area contributed by atoms with E-state index in [1.165, 1.54) is 0 Å². The van der Waals surface area contributed by atoms with Crippen LogP contribution in [0.5, 0.6) is 0 Å². The van der Waals surface area contributed by atoms with Gasteiger partial charge in [0.2, 0.25) is 0 Å². The topological polar surface area (TPSA) is 75.6 Å². The standard InChI is InChI=1S/C14H23NO4/c1-13(12(17)18)7-4-3-6-10(13)15-11(16)14(2)8-5-9-19-14/h10H,3-9H2,1-2H3,(H,15,16)(H,17,18). The van der Waals surface area contributed by atoms with Crippen molar-refractivity contribution in [3.8, 4) is 0 Å². The Morgan fingerprint density at radius 2 is 1.95 bits per heavy atom. The van der Waals surface area contributed by atoms with Gasteiger partial charge in [-0.15, -0.1) is 0 Å². The van der Waals surface area contributed by atoms with E-state index >= 15 is 0 Å². The van der Waals surface area contributed by atoms with Crippen molar-refractivity contribution < 1.29 is 19.4 Å². The molecule has 5 heteroatoms. The molecule has 1 aliphatic carbocycles. The average molecular weight is 269 g/mol. The first kappa shape index (κ1) is 14.3. The van der Waals surface area contributed by atoms with Crippen molar-refractivity contribution in [2.24, 2.45) is 5.41 Å². The van der Waals surface area contributed by atoms with Crippen LogP contribution in [-0.2, 0) is 14.3 Å². The van der Waals surface area contributed by atoms with Crippen LogP contribution in [0, 0.1) is 5.41 Å². The van der Waals surface area contributed by atoms with Gasteiger partial charge in [0, 0.05) is 12.6 Å². The zero-order valence-corrected chi connectivity index (χ0v) is 11.7. The molecule has 1 saturated heterocycles. The third-order valence-electron chi connectivity index (χ3n) is 4.70. The van der Waals surface area contributed by atoms with Gasteiger partial charge < -0.3 is 15.2 Å². The SMILES string of the molecule is CC1(C(=O)NC2CCCCC2(C)C(=O)O)CCCO1. The Morgan fingerprint density at radius 3 is 2.53 bits per heavy atom. The Hall–Kier alpha value is -1.10. The second-order valence-electron chi connectivity index (χ2n) is 6.18. The number of amides is 1. The number of carboxylic acids is 1. The Morgan fingerprint density at radius 1 is 1.21 bits per heavy atom. The summed E-state index contributed by atoms with van der Waals surface area (Å²) < 4.78 is 5.51. The molecule has 2 fully saturated rings. The average Bonchev–Trinajstić information content (AvgIpc) is 2.80. The molecule has 3 atom stereocenters. The van der Waals surface area contributed by atoms with E-state index in [1.54, 1.807) is 13.8 Å². The molecule has 0 bridgehead atoms. The van der Waals surface area contributed by atoms with E-state index < -0.39 is 17.0 Å². The second kappa shape index (κ2) is 5.12. The van der Waals surface area contributed by atoms with Crippen molar-refractivity contribution in [2.75, 3.05) is 6.61 Å². The molecule has 0 aromatic rings. The Bertz CT molecular complexity index is 376. The first-order chi connectivity index (χ1) is 8.88. The molecule has 0 radical (unpaired) electrons. The maximum Gasteiger partial charge on any atom is 0.311 e. The van der Waals surface area contributed by atoms with Crippen molar-refractivity contribution >= 4 is 11.9 Å². The Labute approximate surface area is 113 Å². The number of hydrogen-bond acceptors (Lipinski definition) is 3. The Kier molecular flexibility index (Phi) is 3.85. The predicted octanol–water partition coefficient (Wildman–Crippen LogP) is 1.71. The van der Waals surface area contributed by atoms with Crippen LogP contribution in [0.3, 0.4) is 0 Å². The molecule has 2 rings (SSSR count). The summed E-state index contributed by atoms with van der Waals surface area (Å²) in [6, 6.07) is -0.299. The van der Waals surface area contributed by atoms with Gasteiger partial charge in [0.15, 0.2) is 0 Å². The van der Waals surface area contributed by atoms with Crippen LogP contribution in [0.4, 0.5) is 0 Å². The summed E-state index contributed by atoms with van der Waals surface area (Å²) in [6.07, 6.45) is 4.80. The van der Waals surface area contributed by atoms with Crippen LogP contribution in [0.25, 0.3) is 0 Å². The summed E-state index contributed by atoms with van der Waals surface area (Å²) >= 11 is 0. The van der Waals surface area contributed by atoms with Gasteiger partial charge in [-0.25, -0.2) is 0 Å². The highest BCUT2D eigenvalue weighted by molar-refractivity contribution is 5.86. The van der Waals surface area contributed by atoms with Crippen LogP contribution in [0.15, 0.2) is 0 Å². The maximum absolute atomic E-state index is 12.3. The van der Waals surface area contributed by atoms with E-state index in [2.05, 4.69) is 5.32 Å². The molecule has 1 aliphatic heterocycles. The second-order valence-corrected chi connectivity index (χ2v) is 6.18. The molecule has 3 unspecified atom stereocenters. The highest BCUT2D eigenvalue weighted by Gasteiger charge is 2.46. The molecular formula is C14H23NO4. The normalized spacial score (nSPS) is 38.9. The van der Waals surface area contributed by atoms with Gasteiger partial charge in [0.1, 0.15) is 5.60 Å². The van der Waals surface area contributed by atoms with Crippen molar-refractivity contribution in [3.05, 3.63) is 0 Å². The van der Waals surface area contributed by atoms with Crippen LogP contribution in [-0.4, -0.2) is 35.2 Å². The minimum atomic E-state index is -0.858. The number of rotatable bonds is 3. The van der Waals surface area contributed by atoms with Gasteiger partial charge in [-0.1, -0.05) is 12.8 Å². The minimum absolute atomic E-state index is 0.163. The molecule has 2 N–H and O–H groups in total. The van der Waals surface area contributed by atoms with Gasteiger partial charge >= 0.3 is 5.97 Å². The zero-order chi connectivity index (χ0) is 14.1. The smallest absolute Gasteiger partial charge is 0.311 e. The predicted molar refractivity (Wildman–Crippen MR) is 69.7 cm³/mol. The summed E-state index contributed by atoms with van der Waals surface area (Å²) in [5.74, 6) is -0.987.